The molecule has 6 nitrogen and oxygen atoms in total. The maximum Gasteiger partial charge on any atom is 0.252 e. The summed E-state index contributed by atoms with van der Waals surface area (Å²) in [6, 6.07) is 17.9. The molecule has 1 heterocycles. The third kappa shape index (κ3) is 6.26. The number of ether oxygens (including phenoxy) is 1. The van der Waals surface area contributed by atoms with E-state index < -0.39 is 10.0 Å². The molecule has 0 saturated carbocycles. The molecule has 170 valence electrons. The highest BCUT2D eigenvalue weighted by Gasteiger charge is 2.20. The summed E-state index contributed by atoms with van der Waals surface area (Å²) in [5, 5.41) is 5.08. The largest absolute Gasteiger partial charge is 0.383 e. The zero-order valence-corrected chi connectivity index (χ0v) is 19.8. The predicted octanol–water partition coefficient (Wildman–Crippen LogP) is 4.14. The van der Waals surface area contributed by atoms with Crippen molar-refractivity contribution in [1.82, 2.24) is 10.0 Å². The van der Waals surface area contributed by atoms with Crippen molar-refractivity contribution < 1.29 is 17.9 Å². The molecule has 3 rings (SSSR count). The molecule has 0 saturated heterocycles. The SMILES string of the molecule is CCCc1ccc(C(NC(=O)c2ccc(S(=O)(=O)NCCOC)cc2)c2cccs2)cc1. The Balaban J connectivity index is 1.76. The van der Waals surface area contributed by atoms with Crippen molar-refractivity contribution >= 4 is 27.3 Å². The number of hydrogen-bond donors (Lipinski definition) is 2. The lowest BCUT2D eigenvalue weighted by Crippen LogP contribution is -2.29. The predicted molar refractivity (Wildman–Crippen MR) is 128 cm³/mol. The van der Waals surface area contributed by atoms with Gasteiger partial charge in [-0.1, -0.05) is 43.7 Å². The third-order valence-electron chi connectivity index (χ3n) is 4.98. The second-order valence-corrected chi connectivity index (χ2v) is 10.1. The summed E-state index contributed by atoms with van der Waals surface area (Å²) < 4.78 is 32.0. The van der Waals surface area contributed by atoms with Gasteiger partial charge in [0.1, 0.15) is 0 Å². The van der Waals surface area contributed by atoms with Gasteiger partial charge >= 0.3 is 0 Å². The Morgan fingerprint density at radius 2 is 1.78 bits per heavy atom. The molecule has 2 aromatic carbocycles. The highest BCUT2D eigenvalue weighted by atomic mass is 32.2. The Hall–Kier alpha value is -2.52. The maximum absolute atomic E-state index is 13.0. The first kappa shape index (κ1) is 24.1. The first-order chi connectivity index (χ1) is 15.4. The molecule has 2 N–H and O–H groups in total. The number of carbonyl (C=O) groups is 1. The second kappa shape index (κ2) is 11.4. The van der Waals surface area contributed by atoms with Gasteiger partial charge in [-0.2, -0.15) is 0 Å². The topological polar surface area (TPSA) is 84.5 Å². The van der Waals surface area contributed by atoms with Crippen molar-refractivity contribution in [3.8, 4) is 0 Å². The zero-order chi connectivity index (χ0) is 23.0. The van der Waals surface area contributed by atoms with Crippen LogP contribution >= 0.6 is 11.3 Å². The monoisotopic (exact) mass is 472 g/mol. The van der Waals surface area contributed by atoms with E-state index in [0.29, 0.717) is 5.56 Å². The molecule has 1 aromatic heterocycles. The second-order valence-electron chi connectivity index (χ2n) is 7.33. The van der Waals surface area contributed by atoms with Gasteiger partial charge in [0, 0.05) is 24.1 Å². The number of amides is 1. The minimum atomic E-state index is -3.65. The number of carbonyl (C=O) groups excluding carboxylic acids is 1. The fourth-order valence-electron chi connectivity index (χ4n) is 3.30. The van der Waals surface area contributed by atoms with Crippen LogP contribution in [0, 0.1) is 0 Å². The Kier molecular flexibility index (Phi) is 8.58. The van der Waals surface area contributed by atoms with Crippen LogP contribution in [0.5, 0.6) is 0 Å². The average molecular weight is 473 g/mol. The summed E-state index contributed by atoms with van der Waals surface area (Å²) in [7, 11) is -2.14. The highest BCUT2D eigenvalue weighted by Crippen LogP contribution is 2.27. The van der Waals surface area contributed by atoms with E-state index in [-0.39, 0.29) is 30.0 Å². The van der Waals surface area contributed by atoms with E-state index >= 15 is 0 Å². The van der Waals surface area contributed by atoms with E-state index in [0.717, 1.165) is 23.3 Å². The van der Waals surface area contributed by atoms with Crippen LogP contribution in [-0.4, -0.2) is 34.6 Å². The normalized spacial score (nSPS) is 12.4. The average Bonchev–Trinajstić information content (AvgIpc) is 3.33. The molecular weight excluding hydrogens is 444 g/mol. The fourth-order valence-corrected chi connectivity index (χ4v) is 5.12. The molecule has 8 heteroatoms. The minimum Gasteiger partial charge on any atom is -0.383 e. The van der Waals surface area contributed by atoms with E-state index in [1.54, 1.807) is 11.3 Å². The van der Waals surface area contributed by atoms with E-state index in [1.807, 2.05) is 17.5 Å². The Morgan fingerprint density at radius 3 is 2.38 bits per heavy atom. The lowest BCUT2D eigenvalue weighted by molar-refractivity contribution is 0.0943. The quantitative estimate of drug-likeness (QED) is 0.411. The molecule has 0 bridgehead atoms. The van der Waals surface area contributed by atoms with E-state index in [1.165, 1.54) is 36.9 Å². The van der Waals surface area contributed by atoms with Crippen molar-refractivity contribution in [3.63, 3.8) is 0 Å². The molecule has 32 heavy (non-hydrogen) atoms. The van der Waals surface area contributed by atoms with E-state index in [4.69, 9.17) is 4.74 Å². The Morgan fingerprint density at radius 1 is 1.06 bits per heavy atom. The Labute approximate surface area is 193 Å². The van der Waals surface area contributed by atoms with Crippen LogP contribution in [0.1, 0.15) is 45.7 Å². The molecular formula is C24H28N2O4S2. The number of hydrogen-bond acceptors (Lipinski definition) is 5. The minimum absolute atomic E-state index is 0.103. The van der Waals surface area contributed by atoms with E-state index in [2.05, 4.69) is 41.2 Å². The van der Waals surface area contributed by atoms with Crippen LogP contribution in [0.15, 0.2) is 70.9 Å². The summed E-state index contributed by atoms with van der Waals surface area (Å²) in [4.78, 5) is 14.1. The highest BCUT2D eigenvalue weighted by molar-refractivity contribution is 7.89. The number of sulfonamides is 1. The number of aryl methyl sites for hydroxylation is 1. The lowest BCUT2D eigenvalue weighted by Gasteiger charge is -2.19. The van der Waals surface area contributed by atoms with Crippen LogP contribution < -0.4 is 10.0 Å². The van der Waals surface area contributed by atoms with Crippen LogP contribution in [0.2, 0.25) is 0 Å². The number of methoxy groups -OCH3 is 1. The van der Waals surface area contributed by atoms with Gasteiger partial charge in [0.25, 0.3) is 5.91 Å². The van der Waals surface area contributed by atoms with Gasteiger partial charge in [0.15, 0.2) is 0 Å². The molecule has 3 aromatic rings. The molecule has 0 aliphatic carbocycles. The molecule has 1 atom stereocenters. The molecule has 0 spiro atoms. The van der Waals surface area contributed by atoms with Gasteiger partial charge < -0.3 is 10.1 Å². The lowest BCUT2D eigenvalue weighted by atomic mass is 10.0. The smallest absolute Gasteiger partial charge is 0.252 e. The van der Waals surface area contributed by atoms with Crippen molar-refractivity contribution in [2.45, 2.75) is 30.7 Å². The molecule has 0 fully saturated rings. The van der Waals surface area contributed by atoms with Gasteiger partial charge in [-0.15, -0.1) is 11.3 Å². The zero-order valence-electron chi connectivity index (χ0n) is 18.2. The van der Waals surface area contributed by atoms with Gasteiger partial charge in [0.2, 0.25) is 10.0 Å². The van der Waals surface area contributed by atoms with Crippen molar-refractivity contribution in [3.05, 3.63) is 87.6 Å². The standard InChI is InChI=1S/C24H28N2O4S2/c1-3-5-18-7-9-19(10-8-18)23(22-6-4-17-31-22)26-24(27)20-11-13-21(14-12-20)32(28,29)25-15-16-30-2/h4,6-14,17,23,25H,3,5,15-16H2,1-2H3,(H,26,27). The third-order valence-corrected chi connectivity index (χ3v) is 7.39. The Bertz CT molecular complexity index is 1090. The van der Waals surface area contributed by atoms with Gasteiger partial charge in [-0.05, 0) is 53.3 Å². The van der Waals surface area contributed by atoms with Crippen LogP contribution in [0.4, 0.5) is 0 Å². The number of thiophene rings is 1. The summed E-state index contributed by atoms with van der Waals surface area (Å²) in [6.45, 7) is 2.61. The van der Waals surface area contributed by atoms with Crippen LogP contribution in [-0.2, 0) is 21.2 Å². The van der Waals surface area contributed by atoms with Crippen molar-refractivity contribution in [1.29, 1.82) is 0 Å². The summed E-state index contributed by atoms with van der Waals surface area (Å²) in [5.41, 5.74) is 2.66. The number of benzene rings is 2. The van der Waals surface area contributed by atoms with Crippen LogP contribution in [0.25, 0.3) is 0 Å². The van der Waals surface area contributed by atoms with Crippen LogP contribution in [0.3, 0.4) is 0 Å². The number of nitrogens with one attached hydrogen (secondary N) is 2. The summed E-state index contributed by atoms with van der Waals surface area (Å²) in [5.74, 6) is -0.266. The molecule has 0 radical (unpaired) electrons. The molecule has 1 unspecified atom stereocenters. The van der Waals surface area contributed by atoms with Crippen molar-refractivity contribution in [2.24, 2.45) is 0 Å². The van der Waals surface area contributed by atoms with Gasteiger partial charge in [0.05, 0.1) is 17.5 Å². The molecule has 1 amide bonds. The van der Waals surface area contributed by atoms with Gasteiger partial charge in [-0.25, -0.2) is 13.1 Å². The van der Waals surface area contributed by atoms with Crippen molar-refractivity contribution in [2.75, 3.05) is 20.3 Å². The fraction of sp³-hybridized carbons (Fsp3) is 0.292. The molecule has 0 aliphatic heterocycles. The number of rotatable bonds is 11. The maximum atomic E-state index is 13.0. The van der Waals surface area contributed by atoms with Gasteiger partial charge in [-0.3, -0.25) is 4.79 Å². The summed E-state index contributed by atoms with van der Waals surface area (Å²) in [6.07, 6.45) is 2.10. The van der Waals surface area contributed by atoms with E-state index in [9.17, 15) is 13.2 Å². The molecule has 0 aliphatic rings. The summed E-state index contributed by atoms with van der Waals surface area (Å²) >= 11 is 1.58. The first-order valence-electron chi connectivity index (χ1n) is 10.5. The first-order valence-corrected chi connectivity index (χ1v) is 12.8.